The van der Waals surface area contributed by atoms with Gasteiger partial charge in [-0.1, -0.05) is 11.6 Å². The number of ether oxygens (including phenoxy) is 1. The Kier molecular flexibility index (Phi) is 5.47. The third kappa shape index (κ3) is 4.47. The summed E-state index contributed by atoms with van der Waals surface area (Å²) in [6, 6.07) is 6.28. The van der Waals surface area contributed by atoms with Crippen LogP contribution in [0.2, 0.25) is 5.02 Å². The van der Waals surface area contributed by atoms with Crippen molar-refractivity contribution in [3.63, 3.8) is 0 Å². The second-order valence-corrected chi connectivity index (χ2v) is 7.44. The van der Waals surface area contributed by atoms with Crippen LogP contribution in [0.25, 0.3) is 0 Å². The minimum atomic E-state index is -0.885. The van der Waals surface area contributed by atoms with E-state index < -0.39 is 10.8 Å². The van der Waals surface area contributed by atoms with E-state index in [1.165, 1.54) is 0 Å². The van der Waals surface area contributed by atoms with Gasteiger partial charge in [-0.15, -0.1) is 0 Å². The number of halogens is 1. The molecule has 0 amide bonds. The van der Waals surface area contributed by atoms with Crippen LogP contribution in [0.15, 0.2) is 18.2 Å². The summed E-state index contributed by atoms with van der Waals surface area (Å²) in [4.78, 5) is 0. The van der Waals surface area contributed by atoms with E-state index in [-0.39, 0.29) is 12.2 Å². The van der Waals surface area contributed by atoms with E-state index in [0.29, 0.717) is 16.8 Å². The summed E-state index contributed by atoms with van der Waals surface area (Å²) in [7, 11) is -0.885. The first-order valence-corrected chi connectivity index (χ1v) is 9.05. The van der Waals surface area contributed by atoms with Crippen molar-refractivity contribution < 1.29 is 8.95 Å². The Morgan fingerprint density at radius 3 is 2.60 bits per heavy atom. The molecule has 4 atom stereocenters. The fourth-order valence-corrected chi connectivity index (χ4v) is 3.69. The van der Waals surface area contributed by atoms with E-state index in [0.717, 1.165) is 24.1 Å². The molecule has 0 saturated carbocycles. The number of nitrogens with one attached hydrogen (secondary N) is 1. The van der Waals surface area contributed by atoms with Crippen LogP contribution in [0.5, 0.6) is 0 Å². The van der Waals surface area contributed by atoms with Crippen molar-refractivity contribution in [2.45, 2.75) is 50.7 Å². The van der Waals surface area contributed by atoms with Gasteiger partial charge in [-0.3, -0.25) is 4.21 Å². The molecule has 0 aromatic heterocycles. The molecule has 1 aromatic rings. The lowest BCUT2D eigenvalue weighted by Gasteiger charge is -2.33. The van der Waals surface area contributed by atoms with E-state index in [2.05, 4.69) is 19.2 Å². The average molecular weight is 316 g/mol. The Labute approximate surface area is 128 Å². The number of anilines is 1. The summed E-state index contributed by atoms with van der Waals surface area (Å²) in [5.41, 5.74) is 1.98. The Bertz CT molecular complexity index is 485. The molecule has 0 spiro atoms. The second kappa shape index (κ2) is 6.92. The first-order valence-electron chi connectivity index (χ1n) is 6.94. The maximum absolute atomic E-state index is 11.4. The van der Waals surface area contributed by atoms with Crippen molar-refractivity contribution in [3.8, 4) is 0 Å². The largest absolute Gasteiger partial charge is 0.382 e. The highest BCUT2D eigenvalue weighted by atomic mass is 35.5. The van der Waals surface area contributed by atoms with Gasteiger partial charge in [0.2, 0.25) is 0 Å². The zero-order chi connectivity index (χ0) is 14.7. The molecular weight excluding hydrogens is 294 g/mol. The molecule has 1 aliphatic rings. The highest BCUT2D eigenvalue weighted by molar-refractivity contribution is 7.83. The summed E-state index contributed by atoms with van der Waals surface area (Å²) < 4.78 is 17.1. The van der Waals surface area contributed by atoms with Gasteiger partial charge in [0.15, 0.2) is 0 Å². The number of benzene rings is 1. The van der Waals surface area contributed by atoms with Gasteiger partial charge in [-0.05, 0) is 50.5 Å². The first kappa shape index (κ1) is 15.8. The number of hydrogen-bond donors (Lipinski definition) is 1. The van der Waals surface area contributed by atoms with Crippen LogP contribution in [0.3, 0.4) is 0 Å². The van der Waals surface area contributed by atoms with E-state index in [1.807, 2.05) is 18.2 Å². The Hall–Kier alpha value is -0.580. The quantitative estimate of drug-likeness (QED) is 0.923. The maximum atomic E-state index is 11.4. The molecule has 1 aromatic carbocycles. The fraction of sp³-hybridized carbons (Fsp3) is 0.600. The van der Waals surface area contributed by atoms with Crippen molar-refractivity contribution in [1.82, 2.24) is 0 Å². The smallest absolute Gasteiger partial charge is 0.0570 e. The third-order valence-electron chi connectivity index (χ3n) is 3.47. The van der Waals surface area contributed by atoms with Crippen molar-refractivity contribution >= 4 is 28.1 Å². The number of hydrogen-bond acceptors (Lipinski definition) is 3. The van der Waals surface area contributed by atoms with Crippen LogP contribution < -0.4 is 5.32 Å². The van der Waals surface area contributed by atoms with Crippen molar-refractivity contribution in [1.29, 1.82) is 0 Å². The lowest BCUT2D eigenvalue weighted by molar-refractivity contribution is -0.0337. The van der Waals surface area contributed by atoms with Gasteiger partial charge >= 0.3 is 0 Å². The summed E-state index contributed by atoms with van der Waals surface area (Å²) >= 11 is 6.15. The van der Waals surface area contributed by atoms with E-state index in [1.54, 1.807) is 6.26 Å². The van der Waals surface area contributed by atoms with Gasteiger partial charge in [0, 0.05) is 39.6 Å². The summed E-state index contributed by atoms with van der Waals surface area (Å²) in [5, 5.41) is 4.23. The predicted octanol–water partition coefficient (Wildman–Crippen LogP) is 3.59. The molecule has 1 aliphatic heterocycles. The Balaban J connectivity index is 2.07. The molecule has 0 aliphatic carbocycles. The Morgan fingerprint density at radius 1 is 1.35 bits per heavy atom. The molecule has 1 N–H and O–H groups in total. The van der Waals surface area contributed by atoms with Gasteiger partial charge in [0.05, 0.1) is 12.2 Å². The van der Waals surface area contributed by atoms with E-state index >= 15 is 0 Å². The predicted molar refractivity (Wildman–Crippen MR) is 85.9 cm³/mol. The van der Waals surface area contributed by atoms with Gasteiger partial charge in [-0.25, -0.2) is 0 Å². The van der Waals surface area contributed by atoms with E-state index in [4.69, 9.17) is 16.3 Å². The van der Waals surface area contributed by atoms with Crippen molar-refractivity contribution in [2.24, 2.45) is 0 Å². The number of rotatable bonds is 4. The molecule has 2 rings (SSSR count). The molecule has 3 nitrogen and oxygen atoms in total. The van der Waals surface area contributed by atoms with Gasteiger partial charge < -0.3 is 10.1 Å². The van der Waals surface area contributed by atoms with Crippen LogP contribution in [-0.4, -0.2) is 28.7 Å². The minimum Gasteiger partial charge on any atom is -0.382 e. The summed E-state index contributed by atoms with van der Waals surface area (Å²) in [6.07, 6.45) is 4.26. The SMILES string of the molecule is C[C@@H]1CC(Nc2ccc(Cl)c(C[S@](C)=O)c2)C[C@H](C)O1. The molecule has 1 heterocycles. The van der Waals surface area contributed by atoms with Crippen LogP contribution in [0.4, 0.5) is 5.69 Å². The highest BCUT2D eigenvalue weighted by Crippen LogP contribution is 2.26. The zero-order valence-corrected chi connectivity index (χ0v) is 13.8. The lowest BCUT2D eigenvalue weighted by atomic mass is 9.99. The summed E-state index contributed by atoms with van der Waals surface area (Å²) in [6.45, 7) is 4.22. The van der Waals surface area contributed by atoms with Crippen molar-refractivity contribution in [3.05, 3.63) is 28.8 Å². The maximum Gasteiger partial charge on any atom is 0.0570 e. The molecular formula is C15H22ClNO2S. The standard InChI is InChI=1S/C15H22ClNO2S/c1-10-6-14(7-11(2)19-10)17-13-4-5-15(16)12(8-13)9-20(3)18/h4-5,8,10-11,14,17H,6-7,9H2,1-3H3/t10-,11+,14?,20-/m0/s1. The van der Waals surface area contributed by atoms with Gasteiger partial charge in [0.1, 0.15) is 0 Å². The molecule has 0 radical (unpaired) electrons. The average Bonchev–Trinajstić information content (AvgIpc) is 2.31. The monoisotopic (exact) mass is 315 g/mol. The van der Waals surface area contributed by atoms with Crippen LogP contribution in [-0.2, 0) is 21.3 Å². The van der Waals surface area contributed by atoms with E-state index in [9.17, 15) is 4.21 Å². The molecule has 1 unspecified atom stereocenters. The molecule has 112 valence electrons. The first-order chi connectivity index (χ1) is 9.44. The normalized spacial score (nSPS) is 28.1. The Morgan fingerprint density at radius 2 is 2.00 bits per heavy atom. The zero-order valence-electron chi connectivity index (χ0n) is 12.2. The molecule has 1 saturated heterocycles. The molecule has 1 fully saturated rings. The second-order valence-electron chi connectivity index (χ2n) is 5.59. The van der Waals surface area contributed by atoms with Crippen LogP contribution >= 0.6 is 11.6 Å². The molecule has 5 heteroatoms. The molecule has 0 bridgehead atoms. The fourth-order valence-electron chi connectivity index (χ4n) is 2.75. The van der Waals surface area contributed by atoms with Crippen molar-refractivity contribution in [2.75, 3.05) is 11.6 Å². The summed E-state index contributed by atoms with van der Waals surface area (Å²) in [5.74, 6) is 0.495. The molecule has 20 heavy (non-hydrogen) atoms. The lowest BCUT2D eigenvalue weighted by Crippen LogP contribution is -2.36. The highest BCUT2D eigenvalue weighted by Gasteiger charge is 2.24. The minimum absolute atomic E-state index is 0.283. The van der Waals surface area contributed by atoms with Crippen LogP contribution in [0.1, 0.15) is 32.3 Å². The third-order valence-corrected chi connectivity index (χ3v) is 4.56. The van der Waals surface area contributed by atoms with Crippen LogP contribution in [0, 0.1) is 0 Å². The topological polar surface area (TPSA) is 38.3 Å². The van der Waals surface area contributed by atoms with Gasteiger partial charge in [0.25, 0.3) is 0 Å². The van der Waals surface area contributed by atoms with Gasteiger partial charge in [-0.2, -0.15) is 0 Å².